The number of ether oxygens (including phenoxy) is 1. The first-order chi connectivity index (χ1) is 6.29. The Kier molecular flexibility index (Phi) is 3.81. The molecule has 0 N–H and O–H groups in total. The minimum atomic E-state index is 0.746. The molecular weight excluding hydrogens is 160 g/mol. The molecule has 0 heterocycles. The van der Waals surface area contributed by atoms with Gasteiger partial charge < -0.3 is 4.74 Å². The summed E-state index contributed by atoms with van der Waals surface area (Å²) in [6.45, 7) is 7.10. The van der Waals surface area contributed by atoms with Crippen LogP contribution in [0, 0.1) is 6.92 Å². The zero-order valence-electron chi connectivity index (χ0n) is 8.76. The minimum absolute atomic E-state index is 0.746. The van der Waals surface area contributed by atoms with Gasteiger partial charge in [0.15, 0.2) is 0 Å². The zero-order chi connectivity index (χ0) is 9.68. The van der Waals surface area contributed by atoms with Gasteiger partial charge in [0.1, 0.15) is 5.75 Å². The van der Waals surface area contributed by atoms with Crippen LogP contribution in [-0.4, -0.2) is 6.61 Å². The van der Waals surface area contributed by atoms with Crippen molar-refractivity contribution in [1.29, 1.82) is 0 Å². The molecule has 0 unspecified atom stereocenters. The lowest BCUT2D eigenvalue weighted by Gasteiger charge is -2.10. The molecule has 0 aromatic heterocycles. The summed E-state index contributed by atoms with van der Waals surface area (Å²) in [5.74, 6) is 1.04. The quantitative estimate of drug-likeness (QED) is 0.687. The molecule has 0 spiro atoms. The second-order valence-electron chi connectivity index (χ2n) is 3.22. The van der Waals surface area contributed by atoms with E-state index in [4.69, 9.17) is 4.74 Å². The van der Waals surface area contributed by atoms with Crippen LogP contribution in [0.4, 0.5) is 0 Å². The lowest BCUT2D eigenvalue weighted by molar-refractivity contribution is 0.337. The van der Waals surface area contributed by atoms with Crippen LogP contribution < -0.4 is 4.74 Å². The lowest BCUT2D eigenvalue weighted by Crippen LogP contribution is -1.97. The average Bonchev–Trinajstić information content (AvgIpc) is 2.13. The standard InChI is InChI=1S/C12H18O/c1-4-7-11-8-6-9-12(10(11)3)13-5-2/h6,8-9H,4-5,7H2,1-3H3. The molecule has 0 fully saturated rings. The Morgan fingerprint density at radius 3 is 2.62 bits per heavy atom. The van der Waals surface area contributed by atoms with Crippen molar-refractivity contribution >= 4 is 0 Å². The highest BCUT2D eigenvalue weighted by Crippen LogP contribution is 2.22. The molecule has 0 saturated carbocycles. The number of benzene rings is 1. The van der Waals surface area contributed by atoms with Crippen LogP contribution in [-0.2, 0) is 6.42 Å². The Labute approximate surface area is 80.7 Å². The van der Waals surface area contributed by atoms with Crippen LogP contribution in [0.2, 0.25) is 0 Å². The predicted molar refractivity (Wildman–Crippen MR) is 56.3 cm³/mol. The van der Waals surface area contributed by atoms with Crippen LogP contribution in [0.5, 0.6) is 5.75 Å². The first-order valence-electron chi connectivity index (χ1n) is 5.00. The van der Waals surface area contributed by atoms with E-state index in [2.05, 4.69) is 26.0 Å². The molecule has 0 amide bonds. The molecule has 0 aliphatic carbocycles. The van der Waals surface area contributed by atoms with E-state index in [9.17, 15) is 0 Å². The zero-order valence-corrected chi connectivity index (χ0v) is 8.76. The van der Waals surface area contributed by atoms with Crippen molar-refractivity contribution in [3.8, 4) is 5.75 Å². The molecule has 0 radical (unpaired) electrons. The van der Waals surface area contributed by atoms with Crippen molar-refractivity contribution in [2.45, 2.75) is 33.6 Å². The van der Waals surface area contributed by atoms with Gasteiger partial charge in [-0.2, -0.15) is 0 Å². The Morgan fingerprint density at radius 1 is 1.23 bits per heavy atom. The van der Waals surface area contributed by atoms with Crippen molar-refractivity contribution in [2.24, 2.45) is 0 Å². The molecule has 0 saturated heterocycles. The summed E-state index contributed by atoms with van der Waals surface area (Å²) in [7, 11) is 0. The van der Waals surface area contributed by atoms with Gasteiger partial charge in [-0.3, -0.25) is 0 Å². The van der Waals surface area contributed by atoms with Gasteiger partial charge in [-0.25, -0.2) is 0 Å². The number of aryl methyl sites for hydroxylation is 1. The number of hydrogen-bond acceptors (Lipinski definition) is 1. The summed E-state index contributed by atoms with van der Waals surface area (Å²) in [4.78, 5) is 0. The molecule has 0 aliphatic heterocycles. The minimum Gasteiger partial charge on any atom is -0.494 e. The molecule has 1 aromatic rings. The molecule has 13 heavy (non-hydrogen) atoms. The molecule has 0 bridgehead atoms. The van der Waals surface area contributed by atoms with E-state index < -0.39 is 0 Å². The number of hydrogen-bond donors (Lipinski definition) is 0. The Hall–Kier alpha value is -0.980. The molecule has 1 rings (SSSR count). The Morgan fingerprint density at radius 2 is 2.00 bits per heavy atom. The van der Waals surface area contributed by atoms with Gasteiger partial charge in [-0.1, -0.05) is 25.5 Å². The van der Waals surface area contributed by atoms with Crippen LogP contribution in [0.25, 0.3) is 0 Å². The fraction of sp³-hybridized carbons (Fsp3) is 0.500. The first kappa shape index (κ1) is 10.1. The molecule has 0 atom stereocenters. The third-order valence-corrected chi connectivity index (χ3v) is 2.22. The third-order valence-electron chi connectivity index (χ3n) is 2.22. The summed E-state index contributed by atoms with van der Waals surface area (Å²) in [5.41, 5.74) is 2.71. The molecule has 1 nitrogen and oxygen atoms in total. The summed E-state index contributed by atoms with van der Waals surface area (Å²) in [6, 6.07) is 6.29. The van der Waals surface area contributed by atoms with Crippen LogP contribution >= 0.6 is 0 Å². The second-order valence-corrected chi connectivity index (χ2v) is 3.22. The molecule has 1 heteroatoms. The normalized spacial score (nSPS) is 10.1. The van der Waals surface area contributed by atoms with Crippen LogP contribution in [0.1, 0.15) is 31.4 Å². The number of rotatable bonds is 4. The lowest BCUT2D eigenvalue weighted by atomic mass is 10.0. The first-order valence-corrected chi connectivity index (χ1v) is 5.00. The van der Waals surface area contributed by atoms with Gasteiger partial charge in [0.2, 0.25) is 0 Å². The van der Waals surface area contributed by atoms with E-state index in [-0.39, 0.29) is 0 Å². The van der Waals surface area contributed by atoms with Crippen molar-refractivity contribution in [3.63, 3.8) is 0 Å². The van der Waals surface area contributed by atoms with Crippen LogP contribution in [0.3, 0.4) is 0 Å². The SMILES string of the molecule is CCCc1cccc(OCC)c1C. The average molecular weight is 178 g/mol. The van der Waals surface area contributed by atoms with Gasteiger partial charge in [0.25, 0.3) is 0 Å². The fourth-order valence-corrected chi connectivity index (χ4v) is 1.51. The molecule has 1 aromatic carbocycles. The summed E-state index contributed by atoms with van der Waals surface area (Å²) in [6.07, 6.45) is 2.34. The highest BCUT2D eigenvalue weighted by atomic mass is 16.5. The maximum Gasteiger partial charge on any atom is 0.122 e. The highest BCUT2D eigenvalue weighted by molar-refractivity contribution is 5.39. The van der Waals surface area contributed by atoms with Gasteiger partial charge in [0.05, 0.1) is 6.61 Å². The Bertz CT molecular complexity index is 242. The van der Waals surface area contributed by atoms with E-state index in [0.29, 0.717) is 0 Å². The third kappa shape index (κ3) is 2.48. The Balaban J connectivity index is 2.89. The van der Waals surface area contributed by atoms with E-state index in [1.54, 1.807) is 0 Å². The fourth-order valence-electron chi connectivity index (χ4n) is 1.51. The largest absolute Gasteiger partial charge is 0.494 e. The van der Waals surface area contributed by atoms with Gasteiger partial charge >= 0.3 is 0 Å². The van der Waals surface area contributed by atoms with Crippen molar-refractivity contribution in [2.75, 3.05) is 6.61 Å². The van der Waals surface area contributed by atoms with Crippen molar-refractivity contribution in [3.05, 3.63) is 29.3 Å². The molecular formula is C12H18O. The molecule has 72 valence electrons. The summed E-state index contributed by atoms with van der Waals surface area (Å²) in [5, 5.41) is 0. The van der Waals surface area contributed by atoms with Crippen molar-refractivity contribution < 1.29 is 4.74 Å². The predicted octanol–water partition coefficient (Wildman–Crippen LogP) is 3.35. The van der Waals surface area contributed by atoms with Gasteiger partial charge in [0, 0.05) is 0 Å². The molecule has 0 aliphatic rings. The maximum absolute atomic E-state index is 5.52. The van der Waals surface area contributed by atoms with E-state index in [0.717, 1.165) is 18.8 Å². The highest BCUT2D eigenvalue weighted by Gasteiger charge is 2.02. The van der Waals surface area contributed by atoms with Gasteiger partial charge in [-0.05, 0) is 37.5 Å². The monoisotopic (exact) mass is 178 g/mol. The van der Waals surface area contributed by atoms with E-state index in [1.165, 1.54) is 17.5 Å². The van der Waals surface area contributed by atoms with E-state index in [1.807, 2.05) is 13.0 Å². The maximum atomic E-state index is 5.52. The summed E-state index contributed by atoms with van der Waals surface area (Å²) >= 11 is 0. The topological polar surface area (TPSA) is 9.23 Å². The second kappa shape index (κ2) is 4.90. The van der Waals surface area contributed by atoms with E-state index >= 15 is 0 Å². The summed E-state index contributed by atoms with van der Waals surface area (Å²) < 4.78 is 5.52. The van der Waals surface area contributed by atoms with Gasteiger partial charge in [-0.15, -0.1) is 0 Å². The van der Waals surface area contributed by atoms with Crippen molar-refractivity contribution in [1.82, 2.24) is 0 Å². The van der Waals surface area contributed by atoms with Crippen LogP contribution in [0.15, 0.2) is 18.2 Å². The smallest absolute Gasteiger partial charge is 0.122 e.